The second-order valence-electron chi connectivity index (χ2n) is 3.87. The van der Waals surface area contributed by atoms with Gasteiger partial charge in [-0.2, -0.15) is 5.10 Å². The molecule has 0 saturated carbocycles. The number of primary amides is 1. The number of aromatic nitrogens is 2. The summed E-state index contributed by atoms with van der Waals surface area (Å²) in [5.74, 6) is -2.13. The standard InChI is InChI=1S/C10H15N5O4/c1-15-3-2-6(14-15)5-12-10(19)13-7(9(17)18)4-8(11)16/h2-3,7H,4-5H2,1H3,(H2,11,16)(H,17,18)(H2,12,13,19)/t7-/m0/s1. The highest BCUT2D eigenvalue weighted by Crippen LogP contribution is 1.94. The van der Waals surface area contributed by atoms with Gasteiger partial charge in [0.05, 0.1) is 18.7 Å². The van der Waals surface area contributed by atoms with Gasteiger partial charge in [0, 0.05) is 13.2 Å². The van der Waals surface area contributed by atoms with Crippen molar-refractivity contribution in [1.29, 1.82) is 0 Å². The molecule has 104 valence electrons. The number of carboxylic acid groups (broad SMARTS) is 1. The molecule has 5 N–H and O–H groups in total. The predicted octanol–water partition coefficient (Wildman–Crippen LogP) is -1.45. The average molecular weight is 269 g/mol. The predicted molar refractivity (Wildman–Crippen MR) is 63.8 cm³/mol. The maximum absolute atomic E-state index is 11.4. The molecular weight excluding hydrogens is 254 g/mol. The fraction of sp³-hybridized carbons (Fsp3) is 0.400. The van der Waals surface area contributed by atoms with E-state index in [-0.39, 0.29) is 6.54 Å². The number of rotatable bonds is 6. The van der Waals surface area contributed by atoms with Crippen molar-refractivity contribution in [2.75, 3.05) is 0 Å². The van der Waals surface area contributed by atoms with Crippen molar-refractivity contribution in [3.8, 4) is 0 Å². The van der Waals surface area contributed by atoms with Crippen LogP contribution in [0.1, 0.15) is 12.1 Å². The lowest BCUT2D eigenvalue weighted by Gasteiger charge is -2.13. The number of amides is 3. The number of carbonyl (C=O) groups excluding carboxylic acids is 2. The molecular formula is C10H15N5O4. The Morgan fingerprint density at radius 3 is 2.68 bits per heavy atom. The van der Waals surface area contributed by atoms with Gasteiger partial charge in [-0.05, 0) is 6.07 Å². The molecule has 0 aliphatic heterocycles. The second kappa shape index (κ2) is 6.38. The number of hydrogen-bond acceptors (Lipinski definition) is 4. The maximum Gasteiger partial charge on any atom is 0.326 e. The first-order valence-corrected chi connectivity index (χ1v) is 5.42. The van der Waals surface area contributed by atoms with Crippen LogP contribution in [-0.2, 0) is 23.2 Å². The molecule has 0 aromatic carbocycles. The van der Waals surface area contributed by atoms with E-state index in [1.54, 1.807) is 24.0 Å². The van der Waals surface area contributed by atoms with E-state index in [0.717, 1.165) is 0 Å². The lowest BCUT2D eigenvalue weighted by atomic mass is 10.2. The first kappa shape index (κ1) is 14.5. The van der Waals surface area contributed by atoms with Crippen LogP contribution in [0.2, 0.25) is 0 Å². The van der Waals surface area contributed by atoms with Gasteiger partial charge >= 0.3 is 12.0 Å². The molecule has 19 heavy (non-hydrogen) atoms. The van der Waals surface area contributed by atoms with Gasteiger partial charge in [0.15, 0.2) is 0 Å². The minimum absolute atomic E-state index is 0.148. The van der Waals surface area contributed by atoms with Crippen LogP contribution in [0.15, 0.2) is 12.3 Å². The zero-order valence-electron chi connectivity index (χ0n) is 10.3. The van der Waals surface area contributed by atoms with Crippen LogP contribution in [0.25, 0.3) is 0 Å². The van der Waals surface area contributed by atoms with Crippen LogP contribution in [0.3, 0.4) is 0 Å². The Morgan fingerprint density at radius 1 is 1.53 bits per heavy atom. The third-order valence-corrected chi connectivity index (χ3v) is 2.21. The van der Waals surface area contributed by atoms with Gasteiger partial charge in [0.25, 0.3) is 0 Å². The summed E-state index contributed by atoms with van der Waals surface area (Å²) in [5, 5.41) is 17.4. The molecule has 0 aliphatic carbocycles. The fourth-order valence-corrected chi connectivity index (χ4v) is 1.34. The van der Waals surface area contributed by atoms with Crippen molar-refractivity contribution in [3.05, 3.63) is 18.0 Å². The van der Waals surface area contributed by atoms with Gasteiger partial charge in [-0.15, -0.1) is 0 Å². The van der Waals surface area contributed by atoms with E-state index >= 15 is 0 Å². The van der Waals surface area contributed by atoms with Crippen molar-refractivity contribution >= 4 is 17.9 Å². The van der Waals surface area contributed by atoms with Gasteiger partial charge < -0.3 is 21.5 Å². The first-order valence-electron chi connectivity index (χ1n) is 5.42. The molecule has 1 heterocycles. The number of urea groups is 1. The van der Waals surface area contributed by atoms with Gasteiger partial charge in [0.2, 0.25) is 5.91 Å². The van der Waals surface area contributed by atoms with Gasteiger partial charge in [-0.1, -0.05) is 0 Å². The highest BCUT2D eigenvalue weighted by Gasteiger charge is 2.21. The molecule has 0 radical (unpaired) electrons. The zero-order valence-corrected chi connectivity index (χ0v) is 10.3. The van der Waals surface area contributed by atoms with Gasteiger partial charge in [-0.25, -0.2) is 9.59 Å². The Kier molecular flexibility index (Phi) is 4.86. The summed E-state index contributed by atoms with van der Waals surface area (Å²) in [6.07, 6.45) is 1.24. The molecule has 0 aliphatic rings. The van der Waals surface area contributed by atoms with Crippen LogP contribution in [0.4, 0.5) is 4.79 Å². The van der Waals surface area contributed by atoms with Crippen molar-refractivity contribution in [2.45, 2.75) is 19.0 Å². The highest BCUT2D eigenvalue weighted by atomic mass is 16.4. The maximum atomic E-state index is 11.4. The van der Waals surface area contributed by atoms with Crippen molar-refractivity contribution in [3.63, 3.8) is 0 Å². The Labute approximate surface area is 108 Å². The van der Waals surface area contributed by atoms with E-state index in [9.17, 15) is 14.4 Å². The summed E-state index contributed by atoms with van der Waals surface area (Å²) in [5.41, 5.74) is 5.51. The van der Waals surface area contributed by atoms with E-state index < -0.39 is 30.4 Å². The van der Waals surface area contributed by atoms with E-state index in [2.05, 4.69) is 15.7 Å². The number of aryl methyl sites for hydroxylation is 1. The second-order valence-corrected chi connectivity index (χ2v) is 3.87. The molecule has 9 heteroatoms. The quantitative estimate of drug-likeness (QED) is 0.500. The summed E-state index contributed by atoms with van der Waals surface area (Å²) in [4.78, 5) is 32.9. The third-order valence-electron chi connectivity index (χ3n) is 2.21. The summed E-state index contributed by atoms with van der Waals surface area (Å²) in [6.45, 7) is 0.148. The molecule has 1 aromatic rings. The lowest BCUT2D eigenvalue weighted by molar-refractivity contribution is -0.140. The molecule has 0 fully saturated rings. The largest absolute Gasteiger partial charge is 0.480 e. The molecule has 0 bridgehead atoms. The SMILES string of the molecule is Cn1ccc(CNC(=O)N[C@@H](CC(N)=O)C(=O)O)n1. The van der Waals surface area contributed by atoms with Crippen molar-refractivity contribution in [2.24, 2.45) is 12.8 Å². The Hall–Kier alpha value is -2.58. The number of carbonyl (C=O) groups is 3. The Bertz CT molecular complexity index is 484. The van der Waals surface area contributed by atoms with Gasteiger partial charge in [0.1, 0.15) is 6.04 Å². The lowest BCUT2D eigenvalue weighted by Crippen LogP contribution is -2.47. The summed E-state index contributed by atoms with van der Waals surface area (Å²) in [6, 6.07) is -0.348. The fourth-order valence-electron chi connectivity index (χ4n) is 1.34. The molecule has 1 rings (SSSR count). The molecule has 0 unspecified atom stereocenters. The molecule has 0 saturated heterocycles. The third kappa shape index (κ3) is 5.06. The molecule has 3 amide bonds. The molecule has 9 nitrogen and oxygen atoms in total. The highest BCUT2D eigenvalue weighted by molar-refractivity contribution is 5.87. The van der Waals surface area contributed by atoms with E-state index in [1.807, 2.05) is 0 Å². The Morgan fingerprint density at radius 2 is 2.21 bits per heavy atom. The van der Waals surface area contributed by atoms with Crippen LogP contribution in [0, 0.1) is 0 Å². The topological polar surface area (TPSA) is 139 Å². The minimum atomic E-state index is -1.35. The number of aliphatic carboxylic acids is 1. The van der Waals surface area contributed by atoms with Crippen molar-refractivity contribution in [1.82, 2.24) is 20.4 Å². The van der Waals surface area contributed by atoms with Crippen LogP contribution in [0.5, 0.6) is 0 Å². The van der Waals surface area contributed by atoms with E-state index in [0.29, 0.717) is 5.69 Å². The zero-order chi connectivity index (χ0) is 14.4. The van der Waals surface area contributed by atoms with Crippen LogP contribution >= 0.6 is 0 Å². The normalized spacial score (nSPS) is 11.6. The summed E-state index contributed by atoms with van der Waals surface area (Å²) in [7, 11) is 1.73. The van der Waals surface area contributed by atoms with Crippen LogP contribution in [-0.4, -0.2) is 38.8 Å². The number of nitrogens with zero attached hydrogens (tertiary/aromatic N) is 2. The minimum Gasteiger partial charge on any atom is -0.480 e. The number of carboxylic acids is 1. The van der Waals surface area contributed by atoms with E-state index in [4.69, 9.17) is 10.8 Å². The average Bonchev–Trinajstić information content (AvgIpc) is 2.71. The molecule has 1 atom stereocenters. The summed E-state index contributed by atoms with van der Waals surface area (Å²) >= 11 is 0. The van der Waals surface area contributed by atoms with Gasteiger partial charge in [-0.3, -0.25) is 9.48 Å². The van der Waals surface area contributed by atoms with Crippen LogP contribution < -0.4 is 16.4 Å². The molecule has 1 aromatic heterocycles. The molecule has 0 spiro atoms. The smallest absolute Gasteiger partial charge is 0.326 e. The monoisotopic (exact) mass is 269 g/mol. The van der Waals surface area contributed by atoms with E-state index in [1.165, 1.54) is 0 Å². The Balaban J connectivity index is 2.44. The first-order chi connectivity index (χ1) is 8.88. The number of nitrogens with one attached hydrogen (secondary N) is 2. The summed E-state index contributed by atoms with van der Waals surface area (Å²) < 4.78 is 1.57. The number of nitrogens with two attached hydrogens (primary N) is 1. The van der Waals surface area contributed by atoms with Crippen molar-refractivity contribution < 1.29 is 19.5 Å². The number of hydrogen-bond donors (Lipinski definition) is 4.